The number of unbranched alkanes of at least 4 members (excludes halogenated alkanes) is 32. The molecule has 0 aromatic heterocycles. The predicted octanol–water partition coefficient (Wildman–Crippen LogP) is 17.0. The number of rotatable bonds is 53. The number of phosphoric acid groups is 1. The van der Waals surface area contributed by atoms with E-state index in [1.54, 1.807) is 0 Å². The average molecular weight is 964 g/mol. The lowest BCUT2D eigenvalue weighted by Crippen LogP contribution is -2.27. The number of amides is 1. The fraction of sp³-hybridized carbons (Fsp3) is 0.825. The summed E-state index contributed by atoms with van der Waals surface area (Å²) in [4.78, 5) is 34.2. The monoisotopic (exact) mass is 964 g/mol. The van der Waals surface area contributed by atoms with E-state index in [9.17, 15) is 24.2 Å². The molecule has 0 aliphatic rings. The summed E-state index contributed by atoms with van der Waals surface area (Å²) < 4.78 is 27.1. The highest BCUT2D eigenvalue weighted by Crippen LogP contribution is 2.42. The Balaban J connectivity index is 3.53. The van der Waals surface area contributed by atoms with Gasteiger partial charge < -0.3 is 20.1 Å². The van der Waals surface area contributed by atoms with Crippen LogP contribution < -0.4 is 5.32 Å². The van der Waals surface area contributed by atoms with Crippen LogP contribution in [-0.2, 0) is 27.9 Å². The van der Waals surface area contributed by atoms with Crippen LogP contribution in [0.15, 0.2) is 48.6 Å². The Hall–Kier alpha value is -2.03. The molecule has 2 unspecified atom stereocenters. The first-order valence-corrected chi connectivity index (χ1v) is 29.6. The molecule has 0 rings (SSSR count). The van der Waals surface area contributed by atoms with Crippen molar-refractivity contribution >= 4 is 19.7 Å². The molecule has 1 amide bonds. The summed E-state index contributed by atoms with van der Waals surface area (Å²) in [6.07, 6.45) is 64.8. The fourth-order valence-corrected chi connectivity index (χ4v) is 8.73. The van der Waals surface area contributed by atoms with Crippen LogP contribution in [0.5, 0.6) is 0 Å². The molecule has 0 radical (unpaired) electrons. The van der Waals surface area contributed by atoms with Gasteiger partial charge in [-0.25, -0.2) is 4.57 Å². The van der Waals surface area contributed by atoms with Crippen molar-refractivity contribution in [2.75, 3.05) is 26.4 Å². The lowest BCUT2D eigenvalue weighted by atomic mass is 10.0. The van der Waals surface area contributed by atoms with Crippen molar-refractivity contribution in [2.45, 2.75) is 277 Å². The number of carbonyl (C=O) groups is 2. The van der Waals surface area contributed by atoms with E-state index in [0.29, 0.717) is 6.42 Å². The van der Waals surface area contributed by atoms with Gasteiger partial charge in [0.15, 0.2) is 0 Å². The summed E-state index contributed by atoms with van der Waals surface area (Å²) in [6.45, 7) is 3.56. The predicted molar refractivity (Wildman–Crippen MR) is 284 cm³/mol. The third-order valence-electron chi connectivity index (χ3n) is 12.2. The molecule has 3 N–H and O–H groups in total. The molecule has 0 fully saturated rings. The first-order valence-electron chi connectivity index (χ1n) is 28.1. The van der Waals surface area contributed by atoms with Gasteiger partial charge in [0, 0.05) is 19.4 Å². The maximum absolute atomic E-state index is 12.2. The number of phosphoric ester groups is 1. The van der Waals surface area contributed by atoms with Gasteiger partial charge >= 0.3 is 13.8 Å². The molecular weight excluding hydrogens is 858 g/mol. The highest BCUT2D eigenvalue weighted by atomic mass is 31.2. The van der Waals surface area contributed by atoms with Crippen molar-refractivity contribution in [1.82, 2.24) is 5.32 Å². The van der Waals surface area contributed by atoms with Crippen LogP contribution in [0, 0.1) is 0 Å². The molecule has 0 aliphatic heterocycles. The number of hydrogen-bond donors (Lipinski definition) is 3. The maximum Gasteiger partial charge on any atom is 0.472 e. The Morgan fingerprint density at radius 3 is 1.25 bits per heavy atom. The van der Waals surface area contributed by atoms with E-state index in [2.05, 4.69) is 67.8 Å². The van der Waals surface area contributed by atoms with Crippen LogP contribution in [0.3, 0.4) is 0 Å². The average Bonchev–Trinajstić information content (AvgIpc) is 3.32. The third-order valence-corrected chi connectivity index (χ3v) is 13.2. The van der Waals surface area contributed by atoms with Crippen molar-refractivity contribution in [3.05, 3.63) is 48.6 Å². The van der Waals surface area contributed by atoms with Crippen LogP contribution in [-0.4, -0.2) is 54.3 Å². The van der Waals surface area contributed by atoms with E-state index in [-0.39, 0.29) is 32.1 Å². The largest absolute Gasteiger partial charge is 0.472 e. The van der Waals surface area contributed by atoms with Crippen LogP contribution in [0.1, 0.15) is 271 Å². The molecule has 0 saturated carbocycles. The normalized spacial score (nSPS) is 13.4. The molecular formula is C57H106NO8P. The van der Waals surface area contributed by atoms with Gasteiger partial charge in [0.2, 0.25) is 5.91 Å². The first kappa shape index (κ1) is 65.0. The minimum absolute atomic E-state index is 0.0794. The summed E-state index contributed by atoms with van der Waals surface area (Å²) in [5.41, 5.74) is 0. The standard InChI is InChI=1S/C57H106NO8P/c1-3-5-7-9-11-13-15-17-19-21-23-25-27-29-31-33-35-37-39-41-43-45-47-49-56(60)58-51-52-65-67(62,63)66-54-55(59)53-64-57(61)50-48-46-44-42-40-38-36-34-32-30-28-26-24-22-20-18-16-14-12-10-8-6-4-2/h11,13,17-20,23,25,55,59H,3-10,12,14-16,21-22,24,26-54H2,1-2H3,(H,58,60)(H,62,63)/b13-11-,19-17-,20-18+,25-23-. The Morgan fingerprint density at radius 1 is 0.463 bits per heavy atom. The van der Waals surface area contributed by atoms with E-state index in [4.69, 9.17) is 13.8 Å². The third kappa shape index (κ3) is 54.8. The van der Waals surface area contributed by atoms with Gasteiger partial charge in [-0.1, -0.05) is 229 Å². The molecule has 0 heterocycles. The maximum atomic E-state index is 12.2. The molecule has 0 aliphatic carbocycles. The number of aliphatic hydroxyl groups excluding tert-OH is 1. The molecule has 67 heavy (non-hydrogen) atoms. The van der Waals surface area contributed by atoms with Crippen LogP contribution >= 0.6 is 7.82 Å². The molecule has 9 nitrogen and oxygen atoms in total. The van der Waals surface area contributed by atoms with Gasteiger partial charge in [0.05, 0.1) is 13.2 Å². The summed E-state index contributed by atoms with van der Waals surface area (Å²) in [5, 5.41) is 12.8. The summed E-state index contributed by atoms with van der Waals surface area (Å²) in [5.74, 6) is -0.513. The number of allylic oxidation sites excluding steroid dienone is 8. The lowest BCUT2D eigenvalue weighted by molar-refractivity contribution is -0.147. The number of ether oxygens (including phenoxy) is 1. The molecule has 0 saturated heterocycles. The van der Waals surface area contributed by atoms with Crippen molar-refractivity contribution in [1.29, 1.82) is 0 Å². The number of aliphatic hydroxyl groups is 1. The Labute approximate surface area is 413 Å². The van der Waals surface area contributed by atoms with Gasteiger partial charge in [-0.05, 0) is 77.0 Å². The quantitative estimate of drug-likeness (QED) is 0.0238. The molecule has 392 valence electrons. The van der Waals surface area contributed by atoms with Gasteiger partial charge in [0.1, 0.15) is 12.7 Å². The van der Waals surface area contributed by atoms with Gasteiger partial charge in [-0.15, -0.1) is 0 Å². The Kier molecular flexibility index (Phi) is 51.7. The highest BCUT2D eigenvalue weighted by Gasteiger charge is 2.23. The molecule has 0 spiro atoms. The van der Waals surface area contributed by atoms with Crippen LogP contribution in [0.2, 0.25) is 0 Å². The smallest absolute Gasteiger partial charge is 0.463 e. The zero-order chi connectivity index (χ0) is 48.8. The van der Waals surface area contributed by atoms with Crippen molar-refractivity contribution < 1.29 is 37.9 Å². The van der Waals surface area contributed by atoms with Gasteiger partial charge in [-0.3, -0.25) is 18.6 Å². The highest BCUT2D eigenvalue weighted by molar-refractivity contribution is 7.47. The van der Waals surface area contributed by atoms with Crippen LogP contribution in [0.4, 0.5) is 0 Å². The van der Waals surface area contributed by atoms with Crippen molar-refractivity contribution in [2.24, 2.45) is 0 Å². The van der Waals surface area contributed by atoms with Gasteiger partial charge in [-0.2, -0.15) is 0 Å². The molecule has 0 aromatic rings. The summed E-state index contributed by atoms with van der Waals surface area (Å²) in [6, 6.07) is 0. The second-order valence-electron chi connectivity index (χ2n) is 18.9. The van der Waals surface area contributed by atoms with E-state index in [1.165, 1.54) is 193 Å². The molecule has 0 aromatic carbocycles. The zero-order valence-corrected chi connectivity index (χ0v) is 44.5. The molecule has 2 atom stereocenters. The number of hydrogen-bond acceptors (Lipinski definition) is 7. The second-order valence-corrected chi connectivity index (χ2v) is 20.4. The van der Waals surface area contributed by atoms with Crippen molar-refractivity contribution in [3.63, 3.8) is 0 Å². The number of nitrogens with one attached hydrogen (secondary N) is 1. The lowest BCUT2D eigenvalue weighted by Gasteiger charge is -2.15. The van der Waals surface area contributed by atoms with E-state index in [0.717, 1.165) is 51.4 Å². The van der Waals surface area contributed by atoms with E-state index < -0.39 is 26.5 Å². The van der Waals surface area contributed by atoms with E-state index in [1.807, 2.05) is 0 Å². The summed E-state index contributed by atoms with van der Waals surface area (Å²) >= 11 is 0. The van der Waals surface area contributed by atoms with E-state index >= 15 is 0 Å². The second kappa shape index (κ2) is 53.3. The van der Waals surface area contributed by atoms with Gasteiger partial charge in [0.25, 0.3) is 0 Å². The molecule has 10 heteroatoms. The van der Waals surface area contributed by atoms with Crippen LogP contribution in [0.25, 0.3) is 0 Å². The topological polar surface area (TPSA) is 131 Å². The first-order chi connectivity index (χ1) is 32.8. The van der Waals surface area contributed by atoms with Crippen molar-refractivity contribution in [3.8, 4) is 0 Å². The summed E-state index contributed by atoms with van der Waals surface area (Å²) in [7, 11) is -4.43. The minimum Gasteiger partial charge on any atom is -0.463 e. The zero-order valence-electron chi connectivity index (χ0n) is 43.6. The Morgan fingerprint density at radius 2 is 0.806 bits per heavy atom. The SMILES string of the molecule is CCCCC/C=C\C/C=C\C/C=C\CCCCCCCCCCCCC(=O)NCCOP(=O)(O)OCC(O)COC(=O)CCCCCCCCCCCCCCC/C=C/CCCCCCCC. The number of carbonyl (C=O) groups excluding carboxylic acids is 2. The minimum atomic E-state index is -4.43. The molecule has 0 bridgehead atoms. The fourth-order valence-electron chi connectivity index (χ4n) is 7.97. The number of esters is 1. The Bertz CT molecular complexity index is 1240.